The number of carboxylic acids is 1. The number of carbonyl (C=O) groups excluding carboxylic acids is 3. The molecule has 0 aliphatic rings. The first-order valence-electron chi connectivity index (χ1n) is 9.03. The summed E-state index contributed by atoms with van der Waals surface area (Å²) in [5.41, 5.74) is 2.90. The summed E-state index contributed by atoms with van der Waals surface area (Å²) in [6, 6.07) is 19.1. The molecule has 3 aromatic carbocycles. The molecule has 3 rings (SSSR count). The van der Waals surface area contributed by atoms with E-state index in [1.165, 1.54) is 30.5 Å². The van der Waals surface area contributed by atoms with Crippen LogP contribution in [0.1, 0.15) is 15.9 Å². The second-order valence-corrected chi connectivity index (χ2v) is 6.28. The fourth-order valence-corrected chi connectivity index (χ4v) is 2.56. The van der Waals surface area contributed by atoms with E-state index in [4.69, 9.17) is 4.74 Å². The van der Waals surface area contributed by atoms with Crippen LogP contribution in [0.2, 0.25) is 0 Å². The van der Waals surface area contributed by atoms with Crippen molar-refractivity contribution in [3.63, 3.8) is 0 Å². The maximum absolute atomic E-state index is 11.9. The Balaban J connectivity index is 1.39. The molecule has 30 heavy (non-hydrogen) atoms. The minimum Gasteiger partial charge on any atom is -0.545 e. The van der Waals surface area contributed by atoms with E-state index in [9.17, 15) is 19.5 Å². The lowest BCUT2D eigenvalue weighted by atomic mass is 10.1. The monoisotopic (exact) mass is 404 g/mol. The van der Waals surface area contributed by atoms with Crippen LogP contribution in [-0.2, 0) is 9.59 Å². The lowest BCUT2D eigenvalue weighted by molar-refractivity contribution is -0.255. The molecule has 0 fully saturated rings. The number of amides is 2. The number of hydrogen-bond donors (Lipinski definition) is 2. The van der Waals surface area contributed by atoms with Crippen molar-refractivity contribution in [2.75, 3.05) is 13.2 Å². The molecule has 0 bridgehead atoms. The Hall–Kier alpha value is -4.20. The Morgan fingerprint density at radius 3 is 2.40 bits per heavy atom. The number of aromatic carboxylic acids is 1. The number of hydrogen-bond acceptors (Lipinski definition) is 6. The Labute approximate surface area is 172 Å². The molecule has 0 radical (unpaired) electrons. The molecule has 8 heteroatoms. The molecule has 3 aromatic rings. The molecule has 0 unspecified atom stereocenters. The van der Waals surface area contributed by atoms with Gasteiger partial charge in [-0.1, -0.05) is 54.6 Å². The Morgan fingerprint density at radius 2 is 1.67 bits per heavy atom. The molecule has 0 saturated carbocycles. The van der Waals surface area contributed by atoms with Gasteiger partial charge in [-0.3, -0.25) is 9.59 Å². The largest absolute Gasteiger partial charge is 0.545 e. The number of carboxylic acid groups (broad SMARTS) is 1. The lowest BCUT2D eigenvalue weighted by Gasteiger charge is -2.08. The number of nitrogens with zero attached hydrogens (tertiary/aromatic N) is 1. The number of benzene rings is 3. The predicted octanol–water partition coefficient (Wildman–Crippen LogP) is 0.849. The number of ether oxygens (including phenoxy) is 1. The van der Waals surface area contributed by atoms with Crippen molar-refractivity contribution in [1.29, 1.82) is 0 Å². The minimum absolute atomic E-state index is 0.0461. The molecule has 0 aliphatic carbocycles. The number of rotatable bonds is 8. The van der Waals surface area contributed by atoms with E-state index in [2.05, 4.69) is 15.8 Å². The van der Waals surface area contributed by atoms with Crippen molar-refractivity contribution >= 4 is 34.8 Å². The zero-order valence-corrected chi connectivity index (χ0v) is 15.8. The summed E-state index contributed by atoms with van der Waals surface area (Å²) in [6.07, 6.45) is 1.35. The van der Waals surface area contributed by atoms with E-state index in [1.807, 2.05) is 36.4 Å². The maximum atomic E-state index is 11.9. The molecular weight excluding hydrogens is 386 g/mol. The van der Waals surface area contributed by atoms with E-state index in [0.29, 0.717) is 11.3 Å². The van der Waals surface area contributed by atoms with Crippen LogP contribution in [0, 0.1) is 0 Å². The number of hydrazone groups is 1. The lowest BCUT2D eigenvalue weighted by Crippen LogP contribution is -2.37. The molecule has 0 saturated heterocycles. The van der Waals surface area contributed by atoms with Gasteiger partial charge in [-0.05, 0) is 34.0 Å². The van der Waals surface area contributed by atoms with Crippen LogP contribution in [0.15, 0.2) is 71.8 Å². The van der Waals surface area contributed by atoms with Crippen LogP contribution in [0.25, 0.3) is 10.8 Å². The third-order valence-electron chi connectivity index (χ3n) is 4.09. The molecule has 2 amide bonds. The van der Waals surface area contributed by atoms with Gasteiger partial charge in [-0.25, -0.2) is 5.43 Å². The molecule has 0 atom stereocenters. The van der Waals surface area contributed by atoms with Gasteiger partial charge in [-0.2, -0.15) is 5.10 Å². The first-order valence-corrected chi connectivity index (χ1v) is 9.03. The van der Waals surface area contributed by atoms with Crippen LogP contribution < -0.4 is 20.6 Å². The normalized spacial score (nSPS) is 10.7. The van der Waals surface area contributed by atoms with Gasteiger partial charge in [0.25, 0.3) is 11.8 Å². The van der Waals surface area contributed by atoms with Crippen molar-refractivity contribution in [3.05, 3.63) is 77.9 Å². The number of fused-ring (bicyclic) bond motifs is 1. The predicted molar refractivity (Wildman–Crippen MR) is 109 cm³/mol. The minimum atomic E-state index is -1.27. The van der Waals surface area contributed by atoms with E-state index in [1.54, 1.807) is 6.07 Å². The molecular formula is C22H18N3O5-. The molecule has 2 N–H and O–H groups in total. The zero-order chi connectivity index (χ0) is 21.3. The smallest absolute Gasteiger partial charge is 0.259 e. The first kappa shape index (κ1) is 20.5. The Bertz CT molecular complexity index is 1090. The summed E-state index contributed by atoms with van der Waals surface area (Å²) in [6.45, 7) is -0.486. The zero-order valence-electron chi connectivity index (χ0n) is 15.8. The summed E-state index contributed by atoms with van der Waals surface area (Å²) in [4.78, 5) is 34.3. The fraction of sp³-hybridized carbons (Fsp3) is 0.0909. The van der Waals surface area contributed by atoms with Gasteiger partial charge < -0.3 is 20.0 Å². The van der Waals surface area contributed by atoms with Gasteiger partial charge >= 0.3 is 0 Å². The Kier molecular flexibility index (Phi) is 6.73. The van der Waals surface area contributed by atoms with Crippen LogP contribution in [0.4, 0.5) is 0 Å². The number of nitrogens with one attached hydrogen (secondary N) is 2. The third-order valence-corrected chi connectivity index (χ3v) is 4.09. The summed E-state index contributed by atoms with van der Waals surface area (Å²) in [7, 11) is 0. The SMILES string of the molecule is O=C(COc1ccc2ccccc2c1)NCC(=O)N/N=C/c1ccc(C(=O)[O-])cc1. The van der Waals surface area contributed by atoms with Crippen molar-refractivity contribution in [2.24, 2.45) is 5.10 Å². The average Bonchev–Trinajstić information content (AvgIpc) is 2.76. The van der Waals surface area contributed by atoms with E-state index in [-0.39, 0.29) is 18.7 Å². The Morgan fingerprint density at radius 1 is 0.933 bits per heavy atom. The third kappa shape index (κ3) is 5.90. The summed E-state index contributed by atoms with van der Waals surface area (Å²) in [5.74, 6) is -1.67. The standard InChI is InChI=1S/C22H19N3O5/c26-20(25-24-12-15-5-7-17(8-6-15)22(28)29)13-23-21(27)14-30-19-10-9-16-3-1-2-4-18(16)11-19/h1-12H,13-14H2,(H,23,27)(H,25,26)(H,28,29)/p-1/b24-12+. The maximum Gasteiger partial charge on any atom is 0.259 e. The molecule has 0 spiro atoms. The molecule has 0 aromatic heterocycles. The summed E-state index contributed by atoms with van der Waals surface area (Å²) < 4.78 is 5.45. The molecule has 152 valence electrons. The van der Waals surface area contributed by atoms with Gasteiger partial charge in [0.15, 0.2) is 6.61 Å². The highest BCUT2D eigenvalue weighted by atomic mass is 16.5. The van der Waals surface area contributed by atoms with Crippen LogP contribution >= 0.6 is 0 Å². The summed E-state index contributed by atoms with van der Waals surface area (Å²) in [5, 5.41) is 18.9. The van der Waals surface area contributed by atoms with Crippen molar-refractivity contribution < 1.29 is 24.2 Å². The summed E-state index contributed by atoms with van der Waals surface area (Å²) >= 11 is 0. The molecule has 0 aliphatic heterocycles. The fourth-order valence-electron chi connectivity index (χ4n) is 2.56. The highest BCUT2D eigenvalue weighted by Gasteiger charge is 2.06. The van der Waals surface area contributed by atoms with Crippen molar-refractivity contribution in [1.82, 2.24) is 10.7 Å². The first-order chi connectivity index (χ1) is 14.5. The van der Waals surface area contributed by atoms with Gasteiger partial charge in [-0.15, -0.1) is 0 Å². The quantitative estimate of drug-likeness (QED) is 0.426. The van der Waals surface area contributed by atoms with Gasteiger partial charge in [0.05, 0.1) is 18.7 Å². The number of carbonyl (C=O) groups is 3. The van der Waals surface area contributed by atoms with Crippen molar-refractivity contribution in [2.45, 2.75) is 0 Å². The second-order valence-electron chi connectivity index (χ2n) is 6.28. The topological polar surface area (TPSA) is 120 Å². The second kappa shape index (κ2) is 9.83. The van der Waals surface area contributed by atoms with Crippen LogP contribution in [0.5, 0.6) is 5.75 Å². The highest BCUT2D eigenvalue weighted by Crippen LogP contribution is 2.20. The highest BCUT2D eigenvalue weighted by molar-refractivity contribution is 5.89. The van der Waals surface area contributed by atoms with E-state index >= 15 is 0 Å². The molecule has 8 nitrogen and oxygen atoms in total. The van der Waals surface area contributed by atoms with Crippen LogP contribution in [-0.4, -0.2) is 37.1 Å². The van der Waals surface area contributed by atoms with Gasteiger partial charge in [0.2, 0.25) is 0 Å². The van der Waals surface area contributed by atoms with Gasteiger partial charge in [0, 0.05) is 0 Å². The van der Waals surface area contributed by atoms with Crippen molar-refractivity contribution in [3.8, 4) is 5.75 Å². The van der Waals surface area contributed by atoms with Gasteiger partial charge in [0.1, 0.15) is 5.75 Å². The average molecular weight is 404 g/mol. The van der Waals surface area contributed by atoms with E-state index < -0.39 is 17.8 Å². The molecule has 0 heterocycles. The van der Waals surface area contributed by atoms with E-state index in [0.717, 1.165) is 10.8 Å². The van der Waals surface area contributed by atoms with Crippen LogP contribution in [0.3, 0.4) is 0 Å².